The molecule has 2 fully saturated rings. The minimum atomic E-state index is -0.124. The van der Waals surface area contributed by atoms with Crippen molar-refractivity contribution >= 4 is 11.3 Å². The Labute approximate surface area is 132 Å². The van der Waals surface area contributed by atoms with Crippen molar-refractivity contribution in [1.29, 1.82) is 0 Å². The summed E-state index contributed by atoms with van der Waals surface area (Å²) in [6, 6.07) is 5.36. The molecule has 2 aliphatic rings. The van der Waals surface area contributed by atoms with Gasteiger partial charge in [0.2, 0.25) is 0 Å². The summed E-state index contributed by atoms with van der Waals surface area (Å²) in [7, 11) is 0. The summed E-state index contributed by atoms with van der Waals surface area (Å²) in [4.78, 5) is 7.16. The van der Waals surface area contributed by atoms with Gasteiger partial charge >= 0.3 is 0 Å². The summed E-state index contributed by atoms with van der Waals surface area (Å²) < 4.78 is 5.99. The highest BCUT2D eigenvalue weighted by Gasteiger charge is 2.34. The molecule has 0 radical (unpaired) electrons. The highest BCUT2D eigenvalue weighted by Crippen LogP contribution is 2.35. The number of nitrogens with zero attached hydrogens (tertiary/aromatic N) is 2. The SMILES string of the molecule is Oc1ccc(-c2csc(C3CN4CCCC4CO3)n2)cc1O. The lowest BCUT2D eigenvalue weighted by atomic mass is 10.1. The van der Waals surface area contributed by atoms with Crippen LogP contribution < -0.4 is 0 Å². The van der Waals surface area contributed by atoms with E-state index in [1.165, 1.54) is 25.0 Å². The first kappa shape index (κ1) is 14.0. The maximum Gasteiger partial charge on any atom is 0.158 e. The Morgan fingerprint density at radius 3 is 3.05 bits per heavy atom. The number of aromatic hydroxyl groups is 2. The van der Waals surface area contributed by atoms with E-state index in [-0.39, 0.29) is 17.6 Å². The largest absolute Gasteiger partial charge is 0.504 e. The predicted octanol–water partition coefficient (Wildman–Crippen LogP) is 2.76. The summed E-state index contributed by atoms with van der Waals surface area (Å²) in [6.07, 6.45) is 2.54. The molecule has 2 unspecified atom stereocenters. The van der Waals surface area contributed by atoms with Crippen LogP contribution in [-0.4, -0.2) is 45.8 Å². The van der Waals surface area contributed by atoms with Crippen molar-refractivity contribution in [1.82, 2.24) is 9.88 Å². The fourth-order valence-corrected chi connectivity index (χ4v) is 4.08. The van der Waals surface area contributed by atoms with Crippen molar-refractivity contribution in [2.24, 2.45) is 0 Å². The number of rotatable bonds is 2. The highest BCUT2D eigenvalue weighted by molar-refractivity contribution is 7.10. The fraction of sp³-hybridized carbons (Fsp3) is 0.438. The molecule has 5 nitrogen and oxygen atoms in total. The molecule has 1 aromatic heterocycles. The van der Waals surface area contributed by atoms with E-state index in [4.69, 9.17) is 4.74 Å². The van der Waals surface area contributed by atoms with Crippen molar-refractivity contribution in [3.05, 3.63) is 28.6 Å². The standard InChI is InChI=1S/C16H18N2O3S/c19-13-4-3-10(6-14(13)20)12-9-22-16(17-12)15-7-18-5-1-2-11(18)8-21-15/h3-4,6,9,11,15,19-20H,1-2,5,7-8H2. The Morgan fingerprint density at radius 2 is 2.18 bits per heavy atom. The second-order valence-corrected chi connectivity index (χ2v) is 6.78. The maximum atomic E-state index is 9.61. The van der Waals surface area contributed by atoms with E-state index in [9.17, 15) is 10.2 Å². The first-order chi connectivity index (χ1) is 10.7. The molecule has 2 aromatic rings. The molecular weight excluding hydrogens is 300 g/mol. The van der Waals surface area contributed by atoms with Gasteiger partial charge in [-0.15, -0.1) is 11.3 Å². The van der Waals surface area contributed by atoms with Crippen LogP contribution in [0.2, 0.25) is 0 Å². The van der Waals surface area contributed by atoms with Gasteiger partial charge in [0.1, 0.15) is 11.1 Å². The summed E-state index contributed by atoms with van der Waals surface area (Å²) in [5.74, 6) is -0.240. The smallest absolute Gasteiger partial charge is 0.158 e. The van der Waals surface area contributed by atoms with Gasteiger partial charge in [-0.05, 0) is 37.6 Å². The second kappa shape index (κ2) is 5.53. The Hall–Kier alpha value is -1.63. The van der Waals surface area contributed by atoms with Crippen LogP contribution >= 0.6 is 11.3 Å². The molecular formula is C16H18N2O3S. The van der Waals surface area contributed by atoms with E-state index >= 15 is 0 Å². The van der Waals surface area contributed by atoms with Crippen molar-refractivity contribution in [3.63, 3.8) is 0 Å². The van der Waals surface area contributed by atoms with E-state index < -0.39 is 0 Å². The summed E-state index contributed by atoms with van der Waals surface area (Å²) in [6.45, 7) is 2.87. The average molecular weight is 318 g/mol. The average Bonchev–Trinajstić information content (AvgIpc) is 3.17. The number of morpholine rings is 1. The monoisotopic (exact) mass is 318 g/mol. The van der Waals surface area contributed by atoms with Gasteiger partial charge in [0.05, 0.1) is 12.3 Å². The molecule has 4 rings (SSSR count). The molecule has 6 heteroatoms. The Balaban J connectivity index is 1.55. The van der Waals surface area contributed by atoms with Crippen LogP contribution in [0, 0.1) is 0 Å². The minimum absolute atomic E-state index is 0.0406. The molecule has 22 heavy (non-hydrogen) atoms. The van der Waals surface area contributed by atoms with Crippen LogP contribution in [0.15, 0.2) is 23.6 Å². The number of fused-ring (bicyclic) bond motifs is 1. The number of aromatic nitrogens is 1. The van der Waals surface area contributed by atoms with Gasteiger partial charge in [-0.2, -0.15) is 0 Å². The van der Waals surface area contributed by atoms with Gasteiger partial charge in [0.25, 0.3) is 0 Å². The summed E-state index contributed by atoms with van der Waals surface area (Å²) >= 11 is 1.59. The third-order valence-corrected chi connectivity index (χ3v) is 5.39. The number of phenolic OH excluding ortho intramolecular Hbond substituents is 2. The van der Waals surface area contributed by atoms with Crippen molar-refractivity contribution in [2.45, 2.75) is 25.0 Å². The highest BCUT2D eigenvalue weighted by atomic mass is 32.1. The number of hydrogen-bond acceptors (Lipinski definition) is 6. The molecule has 0 spiro atoms. The van der Waals surface area contributed by atoms with E-state index in [0.29, 0.717) is 6.04 Å². The topological polar surface area (TPSA) is 65.8 Å². The van der Waals surface area contributed by atoms with Crippen molar-refractivity contribution < 1.29 is 14.9 Å². The molecule has 0 saturated carbocycles. The molecule has 0 bridgehead atoms. The normalized spacial score (nSPS) is 25.3. The Kier molecular flexibility index (Phi) is 3.52. The first-order valence-corrected chi connectivity index (χ1v) is 8.42. The number of hydrogen-bond donors (Lipinski definition) is 2. The van der Waals surface area contributed by atoms with Crippen molar-refractivity contribution in [2.75, 3.05) is 19.7 Å². The molecule has 2 aliphatic heterocycles. The lowest BCUT2D eigenvalue weighted by Gasteiger charge is -2.34. The van der Waals surface area contributed by atoms with Gasteiger partial charge in [-0.1, -0.05) is 0 Å². The van der Waals surface area contributed by atoms with Crippen molar-refractivity contribution in [3.8, 4) is 22.8 Å². The molecule has 1 aromatic carbocycles. The summed E-state index contributed by atoms with van der Waals surface area (Å²) in [5.41, 5.74) is 1.61. The zero-order valence-electron chi connectivity index (χ0n) is 12.1. The van der Waals surface area contributed by atoms with Gasteiger partial charge in [0, 0.05) is 23.5 Å². The third-order valence-electron chi connectivity index (χ3n) is 4.46. The lowest BCUT2D eigenvalue weighted by molar-refractivity contribution is -0.0502. The van der Waals surface area contributed by atoms with Gasteiger partial charge < -0.3 is 14.9 Å². The zero-order chi connectivity index (χ0) is 15.1. The van der Waals surface area contributed by atoms with Gasteiger partial charge in [-0.25, -0.2) is 4.98 Å². The van der Waals surface area contributed by atoms with Gasteiger partial charge in [0.15, 0.2) is 11.5 Å². The van der Waals surface area contributed by atoms with Crippen LogP contribution in [0.25, 0.3) is 11.3 Å². The van der Waals surface area contributed by atoms with E-state index in [0.717, 1.165) is 36.0 Å². The zero-order valence-corrected chi connectivity index (χ0v) is 12.9. The molecule has 2 saturated heterocycles. The quantitative estimate of drug-likeness (QED) is 0.834. The number of benzene rings is 1. The Bertz CT molecular complexity index is 688. The number of ether oxygens (including phenoxy) is 1. The van der Waals surface area contributed by atoms with Crippen LogP contribution in [0.3, 0.4) is 0 Å². The molecule has 0 aliphatic carbocycles. The predicted molar refractivity (Wildman–Crippen MR) is 84.2 cm³/mol. The minimum Gasteiger partial charge on any atom is -0.504 e. The molecule has 2 N–H and O–H groups in total. The third kappa shape index (κ3) is 2.47. The van der Waals surface area contributed by atoms with Crippen LogP contribution in [-0.2, 0) is 4.74 Å². The van der Waals surface area contributed by atoms with E-state index in [2.05, 4.69) is 9.88 Å². The number of thiazole rings is 1. The molecule has 3 heterocycles. The Morgan fingerprint density at radius 1 is 1.27 bits per heavy atom. The first-order valence-electron chi connectivity index (χ1n) is 7.54. The van der Waals surface area contributed by atoms with Crippen LogP contribution in [0.1, 0.15) is 24.0 Å². The fourth-order valence-electron chi connectivity index (χ4n) is 3.22. The number of phenols is 2. The lowest BCUT2D eigenvalue weighted by Crippen LogP contribution is -2.42. The van der Waals surface area contributed by atoms with Gasteiger partial charge in [-0.3, -0.25) is 4.90 Å². The van der Waals surface area contributed by atoms with E-state index in [1.54, 1.807) is 17.4 Å². The molecule has 2 atom stereocenters. The maximum absolute atomic E-state index is 9.61. The molecule has 116 valence electrons. The molecule has 0 amide bonds. The van der Waals surface area contributed by atoms with E-state index in [1.807, 2.05) is 5.38 Å². The van der Waals surface area contributed by atoms with Crippen LogP contribution in [0.4, 0.5) is 0 Å². The van der Waals surface area contributed by atoms with Crippen LogP contribution in [0.5, 0.6) is 11.5 Å². The summed E-state index contributed by atoms with van der Waals surface area (Å²) in [5, 5.41) is 22.0. The second-order valence-electron chi connectivity index (χ2n) is 5.89.